The first-order valence-corrected chi connectivity index (χ1v) is 6.56. The number of ether oxygens (including phenoxy) is 2. The van der Waals surface area contributed by atoms with Crippen molar-refractivity contribution in [1.82, 2.24) is 5.32 Å². The van der Waals surface area contributed by atoms with Crippen LogP contribution in [0.2, 0.25) is 0 Å². The Morgan fingerprint density at radius 3 is 2.41 bits per heavy atom. The monoisotopic (exact) mass is 306 g/mol. The van der Waals surface area contributed by atoms with Gasteiger partial charge >= 0.3 is 18.0 Å². The molecule has 1 rings (SSSR count). The van der Waals surface area contributed by atoms with Crippen molar-refractivity contribution >= 4 is 23.7 Å². The molecule has 0 aliphatic heterocycles. The molecule has 1 aromatic carbocycles. The highest BCUT2D eigenvalue weighted by Gasteiger charge is 2.09. The molecule has 118 valence electrons. The molecule has 0 aromatic heterocycles. The zero-order valence-corrected chi connectivity index (χ0v) is 12.4. The summed E-state index contributed by atoms with van der Waals surface area (Å²) >= 11 is 0. The number of nitrogens with one attached hydrogen (secondary N) is 2. The van der Waals surface area contributed by atoms with Crippen LogP contribution in [0.15, 0.2) is 42.5 Å². The summed E-state index contributed by atoms with van der Waals surface area (Å²) < 4.78 is 9.21. The largest absolute Gasteiger partial charge is 0.466 e. The van der Waals surface area contributed by atoms with Crippen molar-refractivity contribution in [2.24, 2.45) is 0 Å². The fourth-order valence-electron chi connectivity index (χ4n) is 1.41. The van der Waals surface area contributed by atoms with Crippen molar-refractivity contribution in [2.75, 3.05) is 19.0 Å². The Hall–Kier alpha value is -2.83. The highest BCUT2D eigenvalue weighted by atomic mass is 16.5. The Balaban J connectivity index is 2.29. The molecule has 0 fully saturated rings. The summed E-state index contributed by atoms with van der Waals surface area (Å²) in [6, 6.07) is 8.15. The second-order valence-electron chi connectivity index (χ2n) is 4.35. The molecule has 0 saturated carbocycles. The van der Waals surface area contributed by atoms with E-state index in [1.165, 1.54) is 7.11 Å². The van der Waals surface area contributed by atoms with E-state index in [2.05, 4.69) is 15.4 Å². The number of hydrogen-bond donors (Lipinski definition) is 2. The zero-order chi connectivity index (χ0) is 16.4. The standard InChI is InChI=1S/C15H18N2O5/c1-11(10-22-14(19)9-8-13(18)21-2)16-15(20)17-12-6-4-3-5-7-12/h3-9,11H,10H2,1-2H3,(H2,16,17,20)/b9-8+. The first-order chi connectivity index (χ1) is 10.5. The molecule has 7 nitrogen and oxygen atoms in total. The summed E-state index contributed by atoms with van der Waals surface area (Å²) in [5.41, 5.74) is 0.658. The van der Waals surface area contributed by atoms with Crippen molar-refractivity contribution in [1.29, 1.82) is 0 Å². The fourth-order valence-corrected chi connectivity index (χ4v) is 1.41. The van der Waals surface area contributed by atoms with Gasteiger partial charge in [0.1, 0.15) is 6.61 Å². The lowest BCUT2D eigenvalue weighted by Gasteiger charge is -2.14. The fraction of sp³-hybridized carbons (Fsp3) is 0.267. The Morgan fingerprint density at radius 1 is 1.14 bits per heavy atom. The topological polar surface area (TPSA) is 93.7 Å². The molecule has 7 heteroatoms. The Morgan fingerprint density at radius 2 is 1.77 bits per heavy atom. The summed E-state index contributed by atoms with van der Waals surface area (Å²) in [4.78, 5) is 33.8. The number of urea groups is 1. The van der Waals surface area contributed by atoms with Crippen LogP contribution < -0.4 is 10.6 Å². The van der Waals surface area contributed by atoms with Crippen molar-refractivity contribution in [3.8, 4) is 0 Å². The molecule has 0 heterocycles. The van der Waals surface area contributed by atoms with Crippen LogP contribution in [0.5, 0.6) is 0 Å². The van der Waals surface area contributed by atoms with Gasteiger partial charge in [0.25, 0.3) is 0 Å². The van der Waals surface area contributed by atoms with E-state index in [4.69, 9.17) is 4.74 Å². The third-order valence-electron chi connectivity index (χ3n) is 2.44. The van der Waals surface area contributed by atoms with E-state index in [1.54, 1.807) is 31.2 Å². The minimum Gasteiger partial charge on any atom is -0.466 e. The number of para-hydroxylation sites is 1. The number of methoxy groups -OCH3 is 1. The molecule has 1 unspecified atom stereocenters. The van der Waals surface area contributed by atoms with Gasteiger partial charge in [-0.15, -0.1) is 0 Å². The van der Waals surface area contributed by atoms with Crippen LogP contribution in [0, 0.1) is 0 Å². The maximum Gasteiger partial charge on any atom is 0.331 e. The smallest absolute Gasteiger partial charge is 0.331 e. The second-order valence-corrected chi connectivity index (χ2v) is 4.35. The van der Waals surface area contributed by atoms with Crippen molar-refractivity contribution in [3.05, 3.63) is 42.5 Å². The van der Waals surface area contributed by atoms with Gasteiger partial charge in [0.2, 0.25) is 0 Å². The molecule has 22 heavy (non-hydrogen) atoms. The third-order valence-corrected chi connectivity index (χ3v) is 2.44. The van der Waals surface area contributed by atoms with Gasteiger partial charge in [-0.1, -0.05) is 18.2 Å². The van der Waals surface area contributed by atoms with Gasteiger partial charge in [0, 0.05) is 17.8 Å². The van der Waals surface area contributed by atoms with E-state index in [0.29, 0.717) is 5.69 Å². The number of rotatable bonds is 6. The highest BCUT2D eigenvalue weighted by molar-refractivity contribution is 5.91. The number of hydrogen-bond acceptors (Lipinski definition) is 5. The molecular formula is C15H18N2O5. The summed E-state index contributed by atoms with van der Waals surface area (Å²) in [7, 11) is 1.20. The number of carbonyl (C=O) groups is 3. The molecule has 0 aliphatic rings. The van der Waals surface area contributed by atoms with Crippen LogP contribution in [-0.4, -0.2) is 37.7 Å². The van der Waals surface area contributed by atoms with Gasteiger partial charge in [-0.25, -0.2) is 14.4 Å². The van der Waals surface area contributed by atoms with Crippen LogP contribution >= 0.6 is 0 Å². The van der Waals surface area contributed by atoms with Crippen LogP contribution in [0.1, 0.15) is 6.92 Å². The molecular weight excluding hydrogens is 288 g/mol. The first kappa shape index (κ1) is 17.2. The Kier molecular flexibility index (Phi) is 7.18. The molecule has 0 spiro atoms. The number of benzene rings is 1. The van der Waals surface area contributed by atoms with E-state index in [0.717, 1.165) is 12.2 Å². The number of anilines is 1. The third kappa shape index (κ3) is 7.09. The maximum absolute atomic E-state index is 11.7. The van der Waals surface area contributed by atoms with Crippen LogP contribution in [0.3, 0.4) is 0 Å². The predicted molar refractivity (Wildman–Crippen MR) is 80.2 cm³/mol. The maximum atomic E-state index is 11.7. The van der Waals surface area contributed by atoms with Gasteiger partial charge < -0.3 is 20.1 Å². The Bertz CT molecular complexity index is 542. The summed E-state index contributed by atoms with van der Waals surface area (Å²) in [6.45, 7) is 1.66. The molecule has 1 aromatic rings. The van der Waals surface area contributed by atoms with E-state index < -0.39 is 18.0 Å². The average molecular weight is 306 g/mol. The highest BCUT2D eigenvalue weighted by Crippen LogP contribution is 2.04. The zero-order valence-electron chi connectivity index (χ0n) is 12.4. The summed E-state index contributed by atoms with van der Waals surface area (Å²) in [6.07, 6.45) is 1.92. The second kappa shape index (κ2) is 9.17. The number of amides is 2. The SMILES string of the molecule is COC(=O)/C=C/C(=O)OCC(C)NC(=O)Nc1ccccc1. The number of carbonyl (C=O) groups excluding carboxylic acids is 3. The molecule has 0 radical (unpaired) electrons. The average Bonchev–Trinajstić information content (AvgIpc) is 2.51. The van der Waals surface area contributed by atoms with Gasteiger partial charge in [-0.2, -0.15) is 0 Å². The van der Waals surface area contributed by atoms with E-state index in [-0.39, 0.29) is 12.6 Å². The van der Waals surface area contributed by atoms with E-state index >= 15 is 0 Å². The van der Waals surface area contributed by atoms with Gasteiger partial charge in [-0.05, 0) is 19.1 Å². The van der Waals surface area contributed by atoms with Crippen LogP contribution in [-0.2, 0) is 19.1 Å². The first-order valence-electron chi connectivity index (χ1n) is 6.56. The van der Waals surface area contributed by atoms with Crippen molar-refractivity contribution in [3.63, 3.8) is 0 Å². The van der Waals surface area contributed by atoms with Gasteiger partial charge in [0.05, 0.1) is 13.2 Å². The minimum atomic E-state index is -0.692. The molecule has 2 amide bonds. The minimum absolute atomic E-state index is 0.0213. The normalized spacial score (nSPS) is 11.5. The molecule has 2 N–H and O–H groups in total. The quantitative estimate of drug-likeness (QED) is 0.613. The van der Waals surface area contributed by atoms with Gasteiger partial charge in [-0.3, -0.25) is 0 Å². The predicted octanol–water partition coefficient (Wildman–Crippen LogP) is 1.47. The molecule has 0 bridgehead atoms. The van der Waals surface area contributed by atoms with Crippen LogP contribution in [0.4, 0.5) is 10.5 Å². The number of esters is 2. The van der Waals surface area contributed by atoms with Crippen LogP contribution in [0.25, 0.3) is 0 Å². The van der Waals surface area contributed by atoms with E-state index in [1.807, 2.05) is 6.07 Å². The van der Waals surface area contributed by atoms with Gasteiger partial charge in [0.15, 0.2) is 0 Å². The lowest BCUT2D eigenvalue weighted by molar-refractivity contribution is -0.139. The van der Waals surface area contributed by atoms with Crippen molar-refractivity contribution in [2.45, 2.75) is 13.0 Å². The van der Waals surface area contributed by atoms with Crippen molar-refractivity contribution < 1.29 is 23.9 Å². The molecule has 1 atom stereocenters. The van der Waals surface area contributed by atoms with E-state index in [9.17, 15) is 14.4 Å². The molecule has 0 aliphatic carbocycles. The molecule has 0 saturated heterocycles. The summed E-state index contributed by atoms with van der Waals surface area (Å²) in [5.74, 6) is -1.34. The lowest BCUT2D eigenvalue weighted by Crippen LogP contribution is -2.39. The Labute approximate surface area is 128 Å². The lowest BCUT2D eigenvalue weighted by atomic mass is 10.3. The summed E-state index contributed by atoms with van der Waals surface area (Å²) in [5, 5.41) is 5.26.